The molecule has 0 radical (unpaired) electrons. The molecular formula is C16H19N3O3S. The molecule has 122 valence electrons. The third-order valence-corrected chi connectivity index (χ3v) is 4.33. The molecular weight excluding hydrogens is 314 g/mol. The summed E-state index contributed by atoms with van der Waals surface area (Å²) in [5.41, 5.74) is 1.89. The van der Waals surface area contributed by atoms with E-state index in [-0.39, 0.29) is 11.3 Å². The highest BCUT2D eigenvalue weighted by molar-refractivity contribution is 7.93. The first-order chi connectivity index (χ1) is 10.9. The predicted molar refractivity (Wildman–Crippen MR) is 89.2 cm³/mol. The second kappa shape index (κ2) is 7.34. The Morgan fingerprint density at radius 2 is 1.83 bits per heavy atom. The Morgan fingerprint density at radius 1 is 1.22 bits per heavy atom. The number of nitrogens with two attached hydrogens (primary N) is 1. The van der Waals surface area contributed by atoms with Crippen LogP contribution >= 0.6 is 0 Å². The molecule has 0 saturated carbocycles. The first kappa shape index (κ1) is 17.1. The predicted octanol–water partition coefficient (Wildman–Crippen LogP) is 2.06. The number of allylic oxidation sites excluding steroid dienone is 1. The lowest BCUT2D eigenvalue weighted by atomic mass is 10.1. The fourth-order valence-electron chi connectivity index (χ4n) is 1.98. The summed E-state index contributed by atoms with van der Waals surface area (Å²) >= 11 is 0. The van der Waals surface area contributed by atoms with E-state index in [4.69, 9.17) is 9.88 Å². The number of ether oxygens (including phenoxy) is 1. The molecule has 0 aliphatic rings. The minimum Gasteiger partial charge on any atom is -0.497 e. The summed E-state index contributed by atoms with van der Waals surface area (Å²) in [4.78, 5) is 8.28. The van der Waals surface area contributed by atoms with Crippen molar-refractivity contribution in [2.75, 3.05) is 7.11 Å². The van der Waals surface area contributed by atoms with Gasteiger partial charge in [0.15, 0.2) is 5.82 Å². The maximum absolute atomic E-state index is 11.8. The molecule has 2 rings (SSSR count). The first-order valence-electron chi connectivity index (χ1n) is 7.03. The third kappa shape index (κ3) is 5.15. The van der Waals surface area contributed by atoms with E-state index < -0.39 is 10.0 Å². The molecule has 1 heterocycles. The molecule has 2 aromatic rings. The van der Waals surface area contributed by atoms with Crippen molar-refractivity contribution in [2.24, 2.45) is 5.14 Å². The van der Waals surface area contributed by atoms with Crippen LogP contribution in [0.25, 0.3) is 6.08 Å². The standard InChI is InChI=1S/C16H19N3O3S/c1-12-10-18-16(19-11-12)9-15(23(17,20)21)8-5-13-3-6-14(22-2)7-4-13/h3-4,6-7,9-11H,5,8H2,1-2H3,(H2,17,20,21). The van der Waals surface area contributed by atoms with E-state index in [9.17, 15) is 8.42 Å². The first-order valence-corrected chi connectivity index (χ1v) is 8.58. The number of nitrogens with zero attached hydrogens (tertiary/aromatic N) is 2. The topological polar surface area (TPSA) is 95.2 Å². The zero-order chi connectivity index (χ0) is 16.9. The van der Waals surface area contributed by atoms with Crippen molar-refractivity contribution in [1.29, 1.82) is 0 Å². The van der Waals surface area contributed by atoms with Gasteiger partial charge in [-0.1, -0.05) is 12.1 Å². The number of methoxy groups -OCH3 is 1. The molecule has 1 aromatic carbocycles. The zero-order valence-corrected chi connectivity index (χ0v) is 13.9. The van der Waals surface area contributed by atoms with Gasteiger partial charge in [0.25, 0.3) is 0 Å². The molecule has 0 fully saturated rings. The van der Waals surface area contributed by atoms with Crippen LogP contribution < -0.4 is 9.88 Å². The van der Waals surface area contributed by atoms with Crippen molar-refractivity contribution in [1.82, 2.24) is 9.97 Å². The number of primary sulfonamides is 1. The van der Waals surface area contributed by atoms with E-state index in [0.29, 0.717) is 12.2 Å². The third-order valence-electron chi connectivity index (χ3n) is 3.28. The van der Waals surface area contributed by atoms with Crippen molar-refractivity contribution in [3.8, 4) is 5.75 Å². The lowest BCUT2D eigenvalue weighted by molar-refractivity contribution is 0.414. The lowest BCUT2D eigenvalue weighted by Crippen LogP contribution is -2.15. The van der Waals surface area contributed by atoms with Crippen LogP contribution in [0.1, 0.15) is 23.4 Å². The minimum absolute atomic E-state index is 0.108. The number of benzene rings is 1. The molecule has 0 saturated heterocycles. The maximum atomic E-state index is 11.8. The highest BCUT2D eigenvalue weighted by atomic mass is 32.2. The summed E-state index contributed by atoms with van der Waals surface area (Å²) in [6, 6.07) is 7.45. The molecule has 2 N–H and O–H groups in total. The number of hydrogen-bond donors (Lipinski definition) is 1. The van der Waals surface area contributed by atoms with Crippen LogP contribution in [0, 0.1) is 6.92 Å². The van der Waals surface area contributed by atoms with E-state index in [1.165, 1.54) is 6.08 Å². The van der Waals surface area contributed by atoms with Crippen molar-refractivity contribution in [3.05, 3.63) is 58.5 Å². The van der Waals surface area contributed by atoms with Gasteiger partial charge >= 0.3 is 0 Å². The van der Waals surface area contributed by atoms with Crippen molar-refractivity contribution < 1.29 is 13.2 Å². The summed E-state index contributed by atoms with van der Waals surface area (Å²) in [6.45, 7) is 1.86. The molecule has 0 aliphatic carbocycles. The number of hydrogen-bond acceptors (Lipinski definition) is 5. The number of sulfonamides is 1. The summed E-state index contributed by atoms with van der Waals surface area (Å²) in [6.07, 6.45) is 5.49. The Morgan fingerprint density at radius 3 is 2.35 bits per heavy atom. The van der Waals surface area contributed by atoms with E-state index in [1.807, 2.05) is 31.2 Å². The van der Waals surface area contributed by atoms with Gasteiger partial charge in [-0.05, 0) is 49.1 Å². The van der Waals surface area contributed by atoms with Gasteiger partial charge in [-0.3, -0.25) is 0 Å². The van der Waals surface area contributed by atoms with Crippen LogP contribution in [-0.4, -0.2) is 25.5 Å². The van der Waals surface area contributed by atoms with Gasteiger partial charge in [-0.15, -0.1) is 0 Å². The molecule has 0 aliphatic heterocycles. The number of rotatable bonds is 6. The Labute approximate surface area is 136 Å². The normalized spacial score (nSPS) is 12.2. The Balaban J connectivity index is 2.17. The van der Waals surface area contributed by atoms with Gasteiger partial charge in [-0.2, -0.15) is 0 Å². The zero-order valence-electron chi connectivity index (χ0n) is 13.1. The van der Waals surface area contributed by atoms with Gasteiger partial charge in [0.05, 0.1) is 12.0 Å². The number of aromatic nitrogens is 2. The molecule has 7 heteroatoms. The van der Waals surface area contributed by atoms with Crippen LogP contribution in [0.3, 0.4) is 0 Å². The molecule has 0 unspecified atom stereocenters. The van der Waals surface area contributed by atoms with Crippen LogP contribution in [-0.2, 0) is 16.4 Å². The van der Waals surface area contributed by atoms with Crippen molar-refractivity contribution in [2.45, 2.75) is 19.8 Å². The minimum atomic E-state index is -3.80. The maximum Gasteiger partial charge on any atom is 0.234 e. The molecule has 0 amide bonds. The second-order valence-electron chi connectivity index (χ2n) is 5.12. The van der Waals surface area contributed by atoms with Crippen LogP contribution in [0.4, 0.5) is 0 Å². The Hall–Kier alpha value is -2.25. The molecule has 0 bridgehead atoms. The summed E-state index contributed by atoms with van der Waals surface area (Å²) in [5.74, 6) is 1.08. The van der Waals surface area contributed by atoms with Crippen LogP contribution in [0.5, 0.6) is 5.75 Å². The van der Waals surface area contributed by atoms with Crippen molar-refractivity contribution in [3.63, 3.8) is 0 Å². The van der Waals surface area contributed by atoms with E-state index in [0.717, 1.165) is 16.9 Å². The Kier molecular flexibility index (Phi) is 5.46. The van der Waals surface area contributed by atoms with Gasteiger partial charge in [0.2, 0.25) is 10.0 Å². The van der Waals surface area contributed by atoms with Gasteiger partial charge in [0, 0.05) is 12.4 Å². The van der Waals surface area contributed by atoms with Gasteiger partial charge < -0.3 is 4.74 Å². The SMILES string of the molecule is COc1ccc(CCC(=Cc2ncc(C)cn2)S(N)(=O)=O)cc1. The van der Waals surface area contributed by atoms with E-state index in [1.54, 1.807) is 19.5 Å². The highest BCUT2D eigenvalue weighted by Crippen LogP contribution is 2.17. The fraction of sp³-hybridized carbons (Fsp3) is 0.250. The summed E-state index contributed by atoms with van der Waals surface area (Å²) in [7, 11) is -2.20. The second-order valence-corrected chi connectivity index (χ2v) is 6.74. The molecule has 6 nitrogen and oxygen atoms in total. The average Bonchev–Trinajstić information content (AvgIpc) is 2.52. The highest BCUT2D eigenvalue weighted by Gasteiger charge is 2.13. The number of aryl methyl sites for hydroxylation is 2. The smallest absolute Gasteiger partial charge is 0.234 e. The van der Waals surface area contributed by atoms with Gasteiger partial charge in [0.1, 0.15) is 5.75 Å². The fourth-order valence-corrected chi connectivity index (χ4v) is 2.63. The molecule has 0 spiro atoms. The largest absolute Gasteiger partial charge is 0.497 e. The average molecular weight is 333 g/mol. The quantitative estimate of drug-likeness (QED) is 0.873. The molecule has 1 aromatic heterocycles. The Bertz CT molecular complexity index is 782. The molecule has 23 heavy (non-hydrogen) atoms. The summed E-state index contributed by atoms with van der Waals surface area (Å²) < 4.78 is 28.6. The monoisotopic (exact) mass is 333 g/mol. The van der Waals surface area contributed by atoms with Crippen LogP contribution in [0.15, 0.2) is 41.6 Å². The summed E-state index contributed by atoms with van der Waals surface area (Å²) in [5, 5.41) is 5.30. The van der Waals surface area contributed by atoms with E-state index in [2.05, 4.69) is 9.97 Å². The lowest BCUT2D eigenvalue weighted by Gasteiger charge is -2.06. The van der Waals surface area contributed by atoms with Crippen molar-refractivity contribution >= 4 is 16.1 Å². The van der Waals surface area contributed by atoms with Crippen LogP contribution in [0.2, 0.25) is 0 Å². The van der Waals surface area contributed by atoms with E-state index >= 15 is 0 Å². The van der Waals surface area contributed by atoms with Gasteiger partial charge in [-0.25, -0.2) is 23.5 Å². The molecule has 0 atom stereocenters.